The summed E-state index contributed by atoms with van der Waals surface area (Å²) in [7, 11) is 0. The summed E-state index contributed by atoms with van der Waals surface area (Å²) >= 11 is 6.00. The molecule has 1 aliphatic rings. The predicted octanol–water partition coefficient (Wildman–Crippen LogP) is 2.53. The fourth-order valence-electron chi connectivity index (χ4n) is 3.13. The SMILES string of the molecule is Cc1nc2n(n1)CC(NC(=O)c1ccnc3cc(Cl)ccc13)CC2. The Bertz CT molecular complexity index is 936. The minimum atomic E-state index is -0.102. The van der Waals surface area contributed by atoms with E-state index in [-0.39, 0.29) is 11.9 Å². The first-order valence-electron chi connectivity index (χ1n) is 7.85. The van der Waals surface area contributed by atoms with Crippen LogP contribution in [0.5, 0.6) is 0 Å². The molecule has 122 valence electrons. The number of fused-ring (bicyclic) bond motifs is 2. The van der Waals surface area contributed by atoms with Crippen LogP contribution in [-0.4, -0.2) is 31.7 Å². The van der Waals surface area contributed by atoms with E-state index in [0.717, 1.165) is 29.9 Å². The van der Waals surface area contributed by atoms with Gasteiger partial charge in [-0.15, -0.1) is 0 Å². The van der Waals surface area contributed by atoms with Gasteiger partial charge in [0.1, 0.15) is 11.6 Å². The Balaban J connectivity index is 1.57. The molecule has 0 spiro atoms. The molecule has 1 unspecified atom stereocenters. The third-order valence-electron chi connectivity index (χ3n) is 4.25. The number of amides is 1. The lowest BCUT2D eigenvalue weighted by atomic mass is 10.1. The second kappa shape index (κ2) is 5.87. The van der Waals surface area contributed by atoms with Crippen LogP contribution in [0.25, 0.3) is 10.9 Å². The molecule has 3 aromatic rings. The number of aromatic nitrogens is 4. The maximum Gasteiger partial charge on any atom is 0.252 e. The smallest absolute Gasteiger partial charge is 0.252 e. The zero-order valence-electron chi connectivity index (χ0n) is 13.2. The molecule has 1 aliphatic heterocycles. The lowest BCUT2D eigenvalue weighted by molar-refractivity contribution is 0.0928. The van der Waals surface area contributed by atoms with Gasteiger partial charge in [-0.3, -0.25) is 9.78 Å². The number of carbonyl (C=O) groups excluding carboxylic acids is 1. The number of rotatable bonds is 2. The molecule has 1 amide bonds. The summed E-state index contributed by atoms with van der Waals surface area (Å²) in [5.41, 5.74) is 1.32. The molecule has 0 radical (unpaired) electrons. The lowest BCUT2D eigenvalue weighted by Crippen LogP contribution is -2.41. The van der Waals surface area contributed by atoms with Crippen molar-refractivity contribution in [2.75, 3.05) is 0 Å². The van der Waals surface area contributed by atoms with E-state index in [2.05, 4.69) is 20.4 Å². The zero-order chi connectivity index (χ0) is 16.7. The number of benzene rings is 1. The van der Waals surface area contributed by atoms with Gasteiger partial charge in [0.05, 0.1) is 17.6 Å². The first-order valence-corrected chi connectivity index (χ1v) is 8.23. The number of hydrogen-bond acceptors (Lipinski definition) is 4. The van der Waals surface area contributed by atoms with E-state index in [0.29, 0.717) is 22.6 Å². The van der Waals surface area contributed by atoms with E-state index >= 15 is 0 Å². The van der Waals surface area contributed by atoms with Crippen LogP contribution in [0.1, 0.15) is 28.4 Å². The monoisotopic (exact) mass is 341 g/mol. The van der Waals surface area contributed by atoms with Crippen LogP contribution in [0.4, 0.5) is 0 Å². The van der Waals surface area contributed by atoms with Gasteiger partial charge in [-0.2, -0.15) is 5.10 Å². The number of nitrogens with one attached hydrogen (secondary N) is 1. The van der Waals surface area contributed by atoms with Crippen LogP contribution in [0.2, 0.25) is 5.02 Å². The van der Waals surface area contributed by atoms with E-state index in [4.69, 9.17) is 11.6 Å². The van der Waals surface area contributed by atoms with Crippen LogP contribution < -0.4 is 5.32 Å². The third kappa shape index (κ3) is 2.73. The second-order valence-corrected chi connectivity index (χ2v) is 6.42. The number of halogens is 1. The van der Waals surface area contributed by atoms with Gasteiger partial charge >= 0.3 is 0 Å². The molecular weight excluding hydrogens is 326 g/mol. The van der Waals surface area contributed by atoms with Crippen molar-refractivity contribution in [1.82, 2.24) is 25.1 Å². The van der Waals surface area contributed by atoms with E-state index in [1.807, 2.05) is 17.7 Å². The summed E-state index contributed by atoms with van der Waals surface area (Å²) < 4.78 is 1.88. The van der Waals surface area contributed by atoms with Gasteiger partial charge in [0, 0.05) is 29.1 Å². The average Bonchev–Trinajstić information content (AvgIpc) is 2.93. The van der Waals surface area contributed by atoms with Crippen LogP contribution in [0.3, 0.4) is 0 Å². The fourth-order valence-corrected chi connectivity index (χ4v) is 3.30. The molecule has 4 rings (SSSR count). The van der Waals surface area contributed by atoms with Gasteiger partial charge in [-0.05, 0) is 31.5 Å². The summed E-state index contributed by atoms with van der Waals surface area (Å²) in [6.07, 6.45) is 3.31. The van der Waals surface area contributed by atoms with Crippen molar-refractivity contribution < 1.29 is 4.79 Å². The Labute approximate surface area is 143 Å². The van der Waals surface area contributed by atoms with Crippen molar-refractivity contribution in [2.24, 2.45) is 0 Å². The van der Waals surface area contributed by atoms with Crippen molar-refractivity contribution >= 4 is 28.4 Å². The largest absolute Gasteiger partial charge is 0.347 e. The first kappa shape index (κ1) is 15.1. The minimum Gasteiger partial charge on any atom is -0.347 e. The highest BCUT2D eigenvalue weighted by molar-refractivity contribution is 6.31. The molecule has 1 N–H and O–H groups in total. The maximum absolute atomic E-state index is 12.7. The predicted molar refractivity (Wildman–Crippen MR) is 91.1 cm³/mol. The summed E-state index contributed by atoms with van der Waals surface area (Å²) in [5, 5.41) is 8.88. The Morgan fingerprint density at radius 2 is 2.25 bits per heavy atom. The van der Waals surface area contributed by atoms with Gasteiger partial charge in [0.15, 0.2) is 0 Å². The van der Waals surface area contributed by atoms with Gasteiger partial charge in [-0.25, -0.2) is 9.67 Å². The Kier molecular flexibility index (Phi) is 3.69. The summed E-state index contributed by atoms with van der Waals surface area (Å²) in [6.45, 7) is 2.53. The molecule has 1 atom stereocenters. The minimum absolute atomic E-state index is 0.0432. The Hall–Kier alpha value is -2.47. The van der Waals surface area contributed by atoms with Crippen molar-refractivity contribution in [3.63, 3.8) is 0 Å². The average molecular weight is 342 g/mol. The van der Waals surface area contributed by atoms with Crippen molar-refractivity contribution in [3.05, 3.63) is 52.7 Å². The molecule has 1 aromatic carbocycles. The number of carbonyl (C=O) groups is 1. The van der Waals surface area contributed by atoms with Crippen LogP contribution in [0.15, 0.2) is 30.5 Å². The van der Waals surface area contributed by atoms with Crippen molar-refractivity contribution in [3.8, 4) is 0 Å². The van der Waals surface area contributed by atoms with E-state index in [1.165, 1.54) is 0 Å². The van der Waals surface area contributed by atoms with Crippen LogP contribution in [-0.2, 0) is 13.0 Å². The number of nitrogens with zero attached hydrogens (tertiary/aromatic N) is 4. The summed E-state index contributed by atoms with van der Waals surface area (Å²) in [6, 6.07) is 7.15. The van der Waals surface area contributed by atoms with Gasteiger partial charge < -0.3 is 5.32 Å². The quantitative estimate of drug-likeness (QED) is 0.777. The van der Waals surface area contributed by atoms with Gasteiger partial charge in [0.25, 0.3) is 5.91 Å². The molecular formula is C17H16ClN5O. The molecule has 0 bridgehead atoms. The molecule has 2 aromatic heterocycles. The third-order valence-corrected chi connectivity index (χ3v) is 4.48. The number of aryl methyl sites for hydroxylation is 2. The standard InChI is InChI=1S/C17H16ClN5O/c1-10-20-16-5-3-12(9-23(16)22-10)21-17(24)14-6-7-19-15-8-11(18)2-4-13(14)15/h2,4,6-8,12H,3,5,9H2,1H3,(H,21,24). The number of hydrogen-bond donors (Lipinski definition) is 1. The zero-order valence-corrected chi connectivity index (χ0v) is 13.9. The highest BCUT2D eigenvalue weighted by atomic mass is 35.5. The highest BCUT2D eigenvalue weighted by Gasteiger charge is 2.23. The van der Waals surface area contributed by atoms with E-state index in [9.17, 15) is 4.79 Å². The molecule has 6 nitrogen and oxygen atoms in total. The molecule has 3 heterocycles. The second-order valence-electron chi connectivity index (χ2n) is 5.99. The van der Waals surface area contributed by atoms with Crippen LogP contribution >= 0.6 is 11.6 Å². The van der Waals surface area contributed by atoms with Crippen molar-refractivity contribution in [2.45, 2.75) is 32.4 Å². The fraction of sp³-hybridized carbons (Fsp3) is 0.294. The van der Waals surface area contributed by atoms with Gasteiger partial charge in [-0.1, -0.05) is 17.7 Å². The molecule has 0 aliphatic carbocycles. The highest BCUT2D eigenvalue weighted by Crippen LogP contribution is 2.21. The lowest BCUT2D eigenvalue weighted by Gasteiger charge is -2.23. The molecule has 0 saturated carbocycles. The molecule has 0 saturated heterocycles. The molecule has 24 heavy (non-hydrogen) atoms. The topological polar surface area (TPSA) is 72.7 Å². The molecule has 7 heteroatoms. The molecule has 0 fully saturated rings. The summed E-state index contributed by atoms with van der Waals surface area (Å²) in [5.74, 6) is 1.66. The Morgan fingerprint density at radius 1 is 1.38 bits per heavy atom. The van der Waals surface area contributed by atoms with Crippen LogP contribution in [0, 0.1) is 6.92 Å². The maximum atomic E-state index is 12.7. The van der Waals surface area contributed by atoms with E-state index < -0.39 is 0 Å². The van der Waals surface area contributed by atoms with Crippen molar-refractivity contribution in [1.29, 1.82) is 0 Å². The normalized spacial score (nSPS) is 16.8. The first-order chi connectivity index (χ1) is 11.6. The number of pyridine rings is 1. The van der Waals surface area contributed by atoms with Gasteiger partial charge in [0.2, 0.25) is 0 Å². The Morgan fingerprint density at radius 3 is 3.12 bits per heavy atom. The summed E-state index contributed by atoms with van der Waals surface area (Å²) in [4.78, 5) is 21.4. The van der Waals surface area contributed by atoms with E-state index in [1.54, 1.807) is 24.4 Å².